The lowest BCUT2D eigenvalue weighted by Gasteiger charge is -2.08. The summed E-state index contributed by atoms with van der Waals surface area (Å²) in [5.41, 5.74) is 0.463. The average molecular weight is 322 g/mol. The van der Waals surface area contributed by atoms with Crippen LogP contribution < -0.4 is 10.2 Å². The number of phenols is 2. The Morgan fingerprint density at radius 1 is 1.08 bits per heavy atom. The van der Waals surface area contributed by atoms with Gasteiger partial charge in [-0.1, -0.05) is 5.92 Å². The number of phenolic OH excluding ortho intramolecular Hbond substituents is 2. The minimum atomic E-state index is -0.418. The van der Waals surface area contributed by atoms with Crippen molar-refractivity contribution in [1.29, 1.82) is 0 Å². The van der Waals surface area contributed by atoms with E-state index in [4.69, 9.17) is 9.15 Å². The Morgan fingerprint density at radius 3 is 2.42 bits per heavy atom. The van der Waals surface area contributed by atoms with E-state index in [-0.39, 0.29) is 28.0 Å². The number of hydrogen-bond donors (Lipinski definition) is 2. The van der Waals surface area contributed by atoms with Gasteiger partial charge in [-0.25, -0.2) is 0 Å². The molecular weight excluding hydrogens is 308 g/mol. The van der Waals surface area contributed by atoms with Crippen LogP contribution in [-0.2, 0) is 0 Å². The molecule has 0 spiro atoms. The molecule has 0 radical (unpaired) electrons. The average Bonchev–Trinajstić information content (AvgIpc) is 2.58. The molecule has 0 aliphatic heterocycles. The van der Waals surface area contributed by atoms with Crippen molar-refractivity contribution in [3.8, 4) is 40.4 Å². The molecule has 5 heteroatoms. The minimum absolute atomic E-state index is 0.0113. The molecule has 0 amide bonds. The monoisotopic (exact) mass is 322 g/mol. The van der Waals surface area contributed by atoms with E-state index in [9.17, 15) is 15.0 Å². The van der Waals surface area contributed by atoms with Crippen LogP contribution in [0.2, 0.25) is 0 Å². The summed E-state index contributed by atoms with van der Waals surface area (Å²) in [5, 5.41) is 20.0. The van der Waals surface area contributed by atoms with Crippen molar-refractivity contribution in [2.75, 3.05) is 7.11 Å². The number of methoxy groups -OCH3 is 1. The second-order valence-corrected chi connectivity index (χ2v) is 5.07. The molecule has 0 aliphatic carbocycles. The molecule has 5 nitrogen and oxygen atoms in total. The van der Waals surface area contributed by atoms with Crippen LogP contribution in [0.3, 0.4) is 0 Å². The molecular formula is C19H14O5. The van der Waals surface area contributed by atoms with E-state index in [0.717, 1.165) is 6.07 Å². The van der Waals surface area contributed by atoms with Crippen LogP contribution in [0, 0.1) is 11.8 Å². The van der Waals surface area contributed by atoms with Crippen LogP contribution in [0.5, 0.6) is 17.2 Å². The Hall–Kier alpha value is -3.39. The third kappa shape index (κ3) is 2.55. The summed E-state index contributed by atoms with van der Waals surface area (Å²) < 4.78 is 10.9. The minimum Gasteiger partial charge on any atom is -0.507 e. The summed E-state index contributed by atoms with van der Waals surface area (Å²) in [5.74, 6) is 5.75. The van der Waals surface area contributed by atoms with E-state index < -0.39 is 5.43 Å². The van der Waals surface area contributed by atoms with Crippen molar-refractivity contribution >= 4 is 11.0 Å². The van der Waals surface area contributed by atoms with Gasteiger partial charge in [-0.05, 0) is 31.2 Å². The maximum Gasteiger partial charge on any atom is 0.197 e. The van der Waals surface area contributed by atoms with E-state index >= 15 is 0 Å². The van der Waals surface area contributed by atoms with E-state index in [0.29, 0.717) is 17.1 Å². The molecule has 0 saturated carbocycles. The molecule has 3 rings (SSSR count). The van der Waals surface area contributed by atoms with Crippen LogP contribution in [0.1, 0.15) is 12.5 Å². The first-order valence-electron chi connectivity index (χ1n) is 7.15. The molecule has 1 aromatic heterocycles. The number of rotatable bonds is 2. The lowest BCUT2D eigenvalue weighted by atomic mass is 10.1. The van der Waals surface area contributed by atoms with Gasteiger partial charge in [-0.3, -0.25) is 4.79 Å². The van der Waals surface area contributed by atoms with Crippen molar-refractivity contribution in [1.82, 2.24) is 0 Å². The first kappa shape index (κ1) is 15.5. The summed E-state index contributed by atoms with van der Waals surface area (Å²) in [6, 6.07) is 9.36. The van der Waals surface area contributed by atoms with Crippen molar-refractivity contribution in [3.05, 3.63) is 52.2 Å². The van der Waals surface area contributed by atoms with Crippen molar-refractivity contribution in [2.24, 2.45) is 0 Å². The highest BCUT2D eigenvalue weighted by atomic mass is 16.5. The number of benzene rings is 2. The zero-order chi connectivity index (χ0) is 17.3. The van der Waals surface area contributed by atoms with E-state index in [1.165, 1.54) is 6.07 Å². The molecule has 24 heavy (non-hydrogen) atoms. The highest BCUT2D eigenvalue weighted by Gasteiger charge is 2.17. The van der Waals surface area contributed by atoms with Crippen molar-refractivity contribution in [2.45, 2.75) is 6.92 Å². The smallest absolute Gasteiger partial charge is 0.197 e. The van der Waals surface area contributed by atoms with Crippen LogP contribution >= 0.6 is 0 Å². The zero-order valence-electron chi connectivity index (χ0n) is 13.1. The summed E-state index contributed by atoms with van der Waals surface area (Å²) in [6.07, 6.45) is 0. The van der Waals surface area contributed by atoms with Gasteiger partial charge in [0.1, 0.15) is 34.0 Å². The molecule has 3 aromatic rings. The lowest BCUT2D eigenvalue weighted by molar-refractivity contribution is 0.415. The number of aromatic hydroxyl groups is 2. The lowest BCUT2D eigenvalue weighted by Crippen LogP contribution is -2.02. The molecule has 1 heterocycles. The van der Waals surface area contributed by atoms with Gasteiger partial charge >= 0.3 is 0 Å². The summed E-state index contributed by atoms with van der Waals surface area (Å²) >= 11 is 0. The van der Waals surface area contributed by atoms with Gasteiger partial charge < -0.3 is 19.4 Å². The van der Waals surface area contributed by atoms with Gasteiger partial charge in [-0.15, -0.1) is 5.92 Å². The first-order valence-corrected chi connectivity index (χ1v) is 7.15. The Morgan fingerprint density at radius 2 is 1.79 bits per heavy atom. The zero-order valence-corrected chi connectivity index (χ0v) is 13.1. The summed E-state index contributed by atoms with van der Waals surface area (Å²) in [6.45, 7) is 1.60. The topological polar surface area (TPSA) is 79.9 Å². The van der Waals surface area contributed by atoms with Crippen LogP contribution in [0.4, 0.5) is 0 Å². The molecule has 0 atom stereocenters. The van der Waals surface area contributed by atoms with Gasteiger partial charge in [0, 0.05) is 17.7 Å². The van der Waals surface area contributed by atoms with Gasteiger partial charge in [0.2, 0.25) is 0 Å². The first-order chi connectivity index (χ1) is 11.5. The van der Waals surface area contributed by atoms with Gasteiger partial charge in [0.05, 0.1) is 7.11 Å². The highest BCUT2D eigenvalue weighted by molar-refractivity contribution is 5.91. The molecule has 0 unspecified atom stereocenters. The fourth-order valence-corrected chi connectivity index (χ4v) is 2.45. The fraction of sp³-hybridized carbons (Fsp3) is 0.105. The van der Waals surface area contributed by atoms with Crippen molar-refractivity contribution < 1.29 is 19.4 Å². The normalized spacial score (nSPS) is 10.2. The Bertz CT molecular complexity index is 1030. The summed E-state index contributed by atoms with van der Waals surface area (Å²) in [7, 11) is 1.56. The predicted molar refractivity (Wildman–Crippen MR) is 90.4 cm³/mol. The highest BCUT2D eigenvalue weighted by Crippen LogP contribution is 2.34. The number of hydrogen-bond acceptors (Lipinski definition) is 5. The molecule has 0 saturated heterocycles. The molecule has 0 aliphatic rings. The predicted octanol–water partition coefficient (Wildman–Crippen LogP) is 3.25. The third-order valence-electron chi connectivity index (χ3n) is 3.58. The van der Waals surface area contributed by atoms with Crippen LogP contribution in [-0.4, -0.2) is 17.3 Å². The molecule has 120 valence electrons. The molecule has 0 bridgehead atoms. The Labute approximate surface area is 137 Å². The van der Waals surface area contributed by atoms with Gasteiger partial charge in [0.25, 0.3) is 0 Å². The Balaban J connectivity index is 2.33. The van der Waals surface area contributed by atoms with Gasteiger partial charge in [0.15, 0.2) is 11.0 Å². The van der Waals surface area contributed by atoms with Crippen LogP contribution in [0.25, 0.3) is 22.3 Å². The maximum atomic E-state index is 12.4. The largest absolute Gasteiger partial charge is 0.507 e. The Kier molecular flexibility index (Phi) is 3.88. The van der Waals surface area contributed by atoms with Crippen molar-refractivity contribution in [3.63, 3.8) is 0 Å². The standard InChI is InChI=1S/C19H14O5/c1-3-4-13-14(20)9-15(21)18-16(22)10-17(24-19(13)18)11-5-7-12(23-2)8-6-11/h5-10,20-21H,1-2H3. The van der Waals surface area contributed by atoms with E-state index in [2.05, 4.69) is 11.8 Å². The molecule has 2 aromatic carbocycles. The quantitative estimate of drug-likeness (QED) is 0.708. The van der Waals surface area contributed by atoms with Gasteiger partial charge in [-0.2, -0.15) is 0 Å². The summed E-state index contributed by atoms with van der Waals surface area (Å²) in [4.78, 5) is 12.4. The van der Waals surface area contributed by atoms with E-state index in [1.54, 1.807) is 38.3 Å². The van der Waals surface area contributed by atoms with E-state index in [1.807, 2.05) is 0 Å². The SMILES string of the molecule is CC#Cc1c(O)cc(O)c2c(=O)cc(-c3ccc(OC)cc3)oc12. The maximum absolute atomic E-state index is 12.4. The molecule has 2 N–H and O–H groups in total. The number of ether oxygens (including phenoxy) is 1. The second-order valence-electron chi connectivity index (χ2n) is 5.07. The third-order valence-corrected chi connectivity index (χ3v) is 3.58. The van der Waals surface area contributed by atoms with Crippen LogP contribution in [0.15, 0.2) is 45.6 Å². The molecule has 0 fully saturated rings. The fourth-order valence-electron chi connectivity index (χ4n) is 2.45. The second kappa shape index (κ2) is 6.01. The number of fused-ring (bicyclic) bond motifs is 1.